The third-order valence-electron chi connectivity index (χ3n) is 14.3. The van der Waals surface area contributed by atoms with E-state index in [0.29, 0.717) is 17.9 Å². The second-order valence-corrected chi connectivity index (χ2v) is 16.9. The predicted molar refractivity (Wildman–Crippen MR) is 161 cm³/mol. The van der Waals surface area contributed by atoms with E-state index in [0.717, 1.165) is 37.7 Å². The fourth-order valence-corrected chi connectivity index (χ4v) is 11.6. The number of aliphatic hydroxyl groups excluding tert-OH is 4. The third-order valence-corrected chi connectivity index (χ3v) is 14.3. The molecule has 5 N–H and O–H groups in total. The van der Waals surface area contributed by atoms with Gasteiger partial charge in [0.05, 0.1) is 30.3 Å². The molecule has 0 radical (unpaired) electrons. The van der Waals surface area contributed by atoms with Crippen LogP contribution in [0.3, 0.4) is 0 Å². The van der Waals surface area contributed by atoms with Gasteiger partial charge >= 0.3 is 5.97 Å². The Morgan fingerprint density at radius 3 is 2.24 bits per heavy atom. The van der Waals surface area contributed by atoms with Gasteiger partial charge in [-0.15, -0.1) is 0 Å². The molecule has 5 aliphatic carbocycles. The molecule has 4 fully saturated rings. The monoisotopic (exact) mass is 588 g/mol. The molecule has 0 aromatic heterocycles. The van der Waals surface area contributed by atoms with Crippen molar-refractivity contribution in [2.45, 2.75) is 131 Å². The maximum absolute atomic E-state index is 13.1. The van der Waals surface area contributed by atoms with E-state index in [9.17, 15) is 30.3 Å². The Morgan fingerprint density at radius 1 is 1.00 bits per heavy atom. The number of ether oxygens (including phenoxy) is 1. The lowest BCUT2D eigenvalue weighted by Gasteiger charge is -2.73. The molecule has 11 atom stereocenters. The Labute approximate surface area is 252 Å². The molecule has 5 rings (SSSR count). The van der Waals surface area contributed by atoms with Crippen LogP contribution in [0.15, 0.2) is 23.3 Å². The summed E-state index contributed by atoms with van der Waals surface area (Å²) in [7, 11) is 0. The first-order valence-electron chi connectivity index (χ1n) is 16.2. The Hall–Kier alpha value is -1.25. The van der Waals surface area contributed by atoms with Crippen LogP contribution < -0.4 is 0 Å². The van der Waals surface area contributed by atoms with Crippen molar-refractivity contribution in [3.05, 3.63) is 23.3 Å². The van der Waals surface area contributed by atoms with E-state index < -0.39 is 52.7 Å². The number of hydrogen-bond acceptors (Lipinski definition) is 7. The van der Waals surface area contributed by atoms with Crippen LogP contribution in [0.4, 0.5) is 0 Å². The first-order valence-corrected chi connectivity index (χ1v) is 16.2. The minimum absolute atomic E-state index is 0.0324. The highest BCUT2D eigenvalue weighted by molar-refractivity contribution is 5.88. The largest absolute Gasteiger partial charge is 0.429 e. The van der Waals surface area contributed by atoms with Gasteiger partial charge in [-0.1, -0.05) is 66.2 Å². The fraction of sp³-hybridized carbons (Fsp3) is 0.857. The Balaban J connectivity index is 1.68. The van der Waals surface area contributed by atoms with E-state index in [1.165, 1.54) is 0 Å². The first-order chi connectivity index (χ1) is 19.2. The number of allylic oxidation sites excluding steroid dienone is 2. The van der Waals surface area contributed by atoms with Crippen LogP contribution in [0.25, 0.3) is 0 Å². The molecule has 0 heterocycles. The molecule has 238 valence electrons. The van der Waals surface area contributed by atoms with Gasteiger partial charge in [0.2, 0.25) is 5.79 Å². The molecule has 7 nitrogen and oxygen atoms in total. The van der Waals surface area contributed by atoms with Gasteiger partial charge in [0.15, 0.2) is 0 Å². The van der Waals surface area contributed by atoms with Gasteiger partial charge < -0.3 is 30.3 Å². The van der Waals surface area contributed by atoms with E-state index in [1.807, 2.05) is 13.8 Å². The summed E-state index contributed by atoms with van der Waals surface area (Å²) in [5.41, 5.74) is -2.34. The van der Waals surface area contributed by atoms with Gasteiger partial charge in [-0.2, -0.15) is 0 Å². The summed E-state index contributed by atoms with van der Waals surface area (Å²) in [6, 6.07) is 0. The molecule has 4 saturated carbocycles. The van der Waals surface area contributed by atoms with E-state index in [1.54, 1.807) is 19.9 Å². The average molecular weight is 589 g/mol. The summed E-state index contributed by atoms with van der Waals surface area (Å²) in [6.45, 7) is 17.9. The second-order valence-electron chi connectivity index (χ2n) is 16.9. The third kappa shape index (κ3) is 3.79. The molecule has 0 aromatic carbocycles. The van der Waals surface area contributed by atoms with Gasteiger partial charge in [0.1, 0.15) is 0 Å². The number of esters is 1. The van der Waals surface area contributed by atoms with Crippen LogP contribution in [-0.4, -0.2) is 62.2 Å². The number of hydrogen-bond donors (Lipinski definition) is 5. The van der Waals surface area contributed by atoms with E-state index in [4.69, 9.17) is 4.74 Å². The topological polar surface area (TPSA) is 127 Å². The van der Waals surface area contributed by atoms with Crippen LogP contribution in [0, 0.1) is 50.2 Å². The van der Waals surface area contributed by atoms with Crippen LogP contribution in [0.5, 0.6) is 0 Å². The molecule has 0 saturated heterocycles. The highest BCUT2D eigenvalue weighted by atomic mass is 16.7. The van der Waals surface area contributed by atoms with Crippen LogP contribution in [-0.2, 0) is 9.53 Å². The Morgan fingerprint density at radius 2 is 1.64 bits per heavy atom. The van der Waals surface area contributed by atoms with Crippen molar-refractivity contribution in [1.82, 2.24) is 0 Å². The molecule has 0 spiro atoms. The van der Waals surface area contributed by atoms with Gasteiger partial charge in [0.25, 0.3) is 0 Å². The molecule has 4 unspecified atom stereocenters. The van der Waals surface area contributed by atoms with Gasteiger partial charge in [-0.25, -0.2) is 4.79 Å². The summed E-state index contributed by atoms with van der Waals surface area (Å²) < 4.78 is 5.88. The van der Waals surface area contributed by atoms with Crippen molar-refractivity contribution in [2.24, 2.45) is 50.2 Å². The van der Waals surface area contributed by atoms with Crippen molar-refractivity contribution in [3.63, 3.8) is 0 Å². The molecule has 0 bridgehead atoms. The average Bonchev–Trinajstić information content (AvgIpc) is 2.89. The van der Waals surface area contributed by atoms with Gasteiger partial charge in [-0.3, -0.25) is 0 Å². The molecule has 0 amide bonds. The van der Waals surface area contributed by atoms with Crippen LogP contribution >= 0.6 is 0 Å². The van der Waals surface area contributed by atoms with Crippen LogP contribution in [0.2, 0.25) is 0 Å². The normalized spacial score (nSPS) is 51.3. The second kappa shape index (κ2) is 9.62. The standard InChI is InChI=1S/C35H56O7/c1-10-20(2)28(40)42-35(41)18-29(3,4)17-22-21-11-12-24-31(7)15-14-25(37)30(5,6)23(31)13-16-32(24,8)33(21,9)26(38)27(39)34(22,35)19-36/h10-11,22-27,36-39,41H,12-19H2,1-9H3/b20-10-/t22-,23-,24+,25?,26?,27?,31-,32+,33-,34-,35?/m0/s1. The highest BCUT2D eigenvalue weighted by Crippen LogP contribution is 2.76. The Bertz CT molecular complexity index is 1190. The van der Waals surface area contributed by atoms with Crippen molar-refractivity contribution < 1.29 is 35.1 Å². The van der Waals surface area contributed by atoms with Crippen LogP contribution in [0.1, 0.15) is 107 Å². The maximum atomic E-state index is 13.1. The lowest BCUT2D eigenvalue weighted by atomic mass is 9.32. The number of carbonyl (C=O) groups excluding carboxylic acids is 1. The first kappa shape index (κ1) is 32.2. The highest BCUT2D eigenvalue weighted by Gasteiger charge is 2.77. The molecule has 0 aliphatic heterocycles. The number of carbonyl (C=O) groups is 1. The summed E-state index contributed by atoms with van der Waals surface area (Å²) in [4.78, 5) is 13.1. The number of rotatable bonds is 3. The van der Waals surface area contributed by atoms with Crippen molar-refractivity contribution in [2.75, 3.05) is 6.61 Å². The summed E-state index contributed by atoms with van der Waals surface area (Å²) in [5, 5.41) is 59.0. The molecule has 0 aromatic rings. The molecule has 42 heavy (non-hydrogen) atoms. The quantitative estimate of drug-likeness (QED) is 0.137. The minimum atomic E-state index is -2.19. The zero-order valence-electron chi connectivity index (χ0n) is 27.3. The maximum Gasteiger partial charge on any atom is 0.335 e. The van der Waals surface area contributed by atoms with Gasteiger partial charge in [-0.05, 0) is 91.8 Å². The van der Waals surface area contributed by atoms with Crippen molar-refractivity contribution >= 4 is 5.97 Å². The minimum Gasteiger partial charge on any atom is -0.429 e. The SMILES string of the molecule is C/C=C(/C)C(=O)OC1(O)CC(C)(C)C[C@H]2C3=CC[C@@H]4[C@@]5(C)CCC(O)C(C)(C)[C@@H]5CC[C@@]4(C)[C@]3(C)C(O)C(O)[C@]21CO. The number of aliphatic hydroxyl groups is 5. The van der Waals surface area contributed by atoms with E-state index in [2.05, 4.69) is 40.7 Å². The van der Waals surface area contributed by atoms with Gasteiger partial charge in [0, 0.05) is 17.4 Å². The molecule has 5 aliphatic rings. The number of fused-ring (bicyclic) bond motifs is 7. The fourth-order valence-electron chi connectivity index (χ4n) is 11.6. The molecular formula is C35H56O7. The van der Waals surface area contributed by atoms with E-state index >= 15 is 0 Å². The predicted octanol–water partition coefficient (Wildman–Crippen LogP) is 4.89. The smallest absolute Gasteiger partial charge is 0.335 e. The lowest BCUT2D eigenvalue weighted by Crippen LogP contribution is -2.77. The summed E-state index contributed by atoms with van der Waals surface area (Å²) in [5.74, 6) is -2.84. The van der Waals surface area contributed by atoms with E-state index in [-0.39, 0.29) is 34.7 Å². The summed E-state index contributed by atoms with van der Waals surface area (Å²) in [6.07, 6.45) is 5.51. The summed E-state index contributed by atoms with van der Waals surface area (Å²) >= 11 is 0. The molecular weight excluding hydrogens is 532 g/mol. The Kier molecular flexibility index (Phi) is 7.37. The molecule has 7 heteroatoms. The van der Waals surface area contributed by atoms with Crippen molar-refractivity contribution in [1.29, 1.82) is 0 Å². The van der Waals surface area contributed by atoms with Crippen molar-refractivity contribution in [3.8, 4) is 0 Å². The zero-order valence-corrected chi connectivity index (χ0v) is 27.3. The lowest BCUT2D eigenvalue weighted by molar-refractivity contribution is -0.359. The zero-order chi connectivity index (χ0) is 31.5.